The first-order chi connectivity index (χ1) is 8.58. The minimum absolute atomic E-state index is 0.510. The van der Waals surface area contributed by atoms with Crippen molar-refractivity contribution >= 4 is 11.3 Å². The number of hydrogen-bond donors (Lipinski definition) is 1. The van der Waals surface area contributed by atoms with Crippen LogP contribution in [0.25, 0.3) is 10.6 Å². The van der Waals surface area contributed by atoms with Crippen LogP contribution in [-0.4, -0.2) is 11.0 Å². The second-order valence-corrected chi connectivity index (χ2v) is 6.03. The highest BCUT2D eigenvalue weighted by atomic mass is 32.1. The van der Waals surface area contributed by atoms with E-state index in [1.54, 1.807) is 11.3 Å². The van der Waals surface area contributed by atoms with Gasteiger partial charge in [0.25, 0.3) is 0 Å². The molecule has 3 heteroatoms. The van der Waals surface area contributed by atoms with Crippen molar-refractivity contribution in [2.45, 2.75) is 40.3 Å². The van der Waals surface area contributed by atoms with Crippen molar-refractivity contribution in [1.82, 2.24) is 10.3 Å². The zero-order valence-electron chi connectivity index (χ0n) is 11.4. The van der Waals surface area contributed by atoms with Gasteiger partial charge in [-0.1, -0.05) is 32.0 Å². The van der Waals surface area contributed by atoms with E-state index in [4.69, 9.17) is 0 Å². The summed E-state index contributed by atoms with van der Waals surface area (Å²) in [5.74, 6) is 0. The first-order valence-electron chi connectivity index (χ1n) is 6.32. The van der Waals surface area contributed by atoms with E-state index < -0.39 is 0 Å². The summed E-state index contributed by atoms with van der Waals surface area (Å²) < 4.78 is 0. The van der Waals surface area contributed by atoms with E-state index in [9.17, 15) is 0 Å². The standard InChI is InChI=1S/C15H20N2S/c1-10(2)16-8-13-9-17-15(18-13)14-7-5-6-11(3)12(14)4/h5-7,9-10,16H,8H2,1-4H3. The molecule has 0 radical (unpaired) electrons. The summed E-state index contributed by atoms with van der Waals surface area (Å²) in [5.41, 5.74) is 3.91. The molecule has 0 aliphatic heterocycles. The van der Waals surface area contributed by atoms with Gasteiger partial charge >= 0.3 is 0 Å². The maximum atomic E-state index is 4.54. The smallest absolute Gasteiger partial charge is 0.123 e. The second kappa shape index (κ2) is 5.63. The lowest BCUT2D eigenvalue weighted by molar-refractivity contribution is 0.593. The first-order valence-corrected chi connectivity index (χ1v) is 7.14. The lowest BCUT2D eigenvalue weighted by atomic mass is 10.0. The molecule has 0 spiro atoms. The van der Waals surface area contributed by atoms with Crippen LogP contribution in [0.3, 0.4) is 0 Å². The van der Waals surface area contributed by atoms with Crippen molar-refractivity contribution in [2.75, 3.05) is 0 Å². The van der Waals surface area contributed by atoms with E-state index in [0.717, 1.165) is 11.6 Å². The molecule has 0 aliphatic rings. The van der Waals surface area contributed by atoms with Crippen molar-refractivity contribution in [3.63, 3.8) is 0 Å². The summed E-state index contributed by atoms with van der Waals surface area (Å²) in [6, 6.07) is 6.91. The number of rotatable bonds is 4. The quantitative estimate of drug-likeness (QED) is 0.901. The summed E-state index contributed by atoms with van der Waals surface area (Å²) >= 11 is 1.78. The van der Waals surface area contributed by atoms with Crippen molar-refractivity contribution in [2.24, 2.45) is 0 Å². The fourth-order valence-corrected chi connectivity index (χ4v) is 2.75. The van der Waals surface area contributed by atoms with Crippen molar-refractivity contribution in [1.29, 1.82) is 0 Å². The van der Waals surface area contributed by atoms with E-state index >= 15 is 0 Å². The predicted octanol–water partition coefficient (Wildman–Crippen LogP) is 3.92. The molecule has 0 amide bonds. The molecule has 18 heavy (non-hydrogen) atoms. The van der Waals surface area contributed by atoms with E-state index in [0.29, 0.717) is 6.04 Å². The van der Waals surface area contributed by atoms with Crippen LogP contribution < -0.4 is 5.32 Å². The highest BCUT2D eigenvalue weighted by Crippen LogP contribution is 2.29. The van der Waals surface area contributed by atoms with E-state index in [-0.39, 0.29) is 0 Å². The molecule has 96 valence electrons. The van der Waals surface area contributed by atoms with Crippen LogP contribution >= 0.6 is 11.3 Å². The van der Waals surface area contributed by atoms with Gasteiger partial charge in [0.05, 0.1) is 0 Å². The Labute approximate surface area is 113 Å². The third-order valence-corrected chi connectivity index (χ3v) is 4.10. The highest BCUT2D eigenvalue weighted by molar-refractivity contribution is 7.15. The summed E-state index contributed by atoms with van der Waals surface area (Å²) in [6.45, 7) is 9.53. The van der Waals surface area contributed by atoms with Crippen LogP contribution in [0.15, 0.2) is 24.4 Å². The lowest BCUT2D eigenvalue weighted by Gasteiger charge is -2.06. The molecule has 0 saturated heterocycles. The number of benzene rings is 1. The van der Waals surface area contributed by atoms with E-state index in [1.807, 2.05) is 6.20 Å². The topological polar surface area (TPSA) is 24.9 Å². The van der Waals surface area contributed by atoms with Gasteiger partial charge in [-0.05, 0) is 25.0 Å². The molecular weight excluding hydrogens is 240 g/mol. The monoisotopic (exact) mass is 260 g/mol. The van der Waals surface area contributed by atoms with Crippen molar-refractivity contribution < 1.29 is 0 Å². The van der Waals surface area contributed by atoms with Gasteiger partial charge in [0.1, 0.15) is 5.01 Å². The summed E-state index contributed by atoms with van der Waals surface area (Å²) in [5, 5.41) is 4.54. The number of aromatic nitrogens is 1. The Morgan fingerprint density at radius 2 is 2.06 bits per heavy atom. The van der Waals surface area contributed by atoms with Gasteiger partial charge in [0.2, 0.25) is 0 Å². The SMILES string of the molecule is Cc1cccc(-c2ncc(CNC(C)C)s2)c1C. The molecule has 1 heterocycles. The third-order valence-electron chi connectivity index (χ3n) is 3.07. The molecule has 1 N–H and O–H groups in total. The number of nitrogens with zero attached hydrogens (tertiary/aromatic N) is 1. The van der Waals surface area contributed by atoms with Gasteiger partial charge in [0, 0.05) is 29.2 Å². The molecule has 0 aliphatic carbocycles. The van der Waals surface area contributed by atoms with Crippen LogP contribution in [0, 0.1) is 13.8 Å². The van der Waals surface area contributed by atoms with Crippen LogP contribution in [0.1, 0.15) is 29.9 Å². The Balaban J connectivity index is 2.21. The Morgan fingerprint density at radius 3 is 2.78 bits per heavy atom. The Kier molecular flexibility index (Phi) is 4.15. The molecular formula is C15H20N2S. The zero-order valence-corrected chi connectivity index (χ0v) is 12.3. The minimum atomic E-state index is 0.510. The average molecular weight is 260 g/mol. The lowest BCUT2D eigenvalue weighted by Crippen LogP contribution is -2.21. The average Bonchev–Trinajstić information content (AvgIpc) is 2.78. The molecule has 2 aromatic rings. The van der Waals surface area contributed by atoms with Gasteiger partial charge < -0.3 is 5.32 Å². The molecule has 0 unspecified atom stereocenters. The molecule has 2 rings (SSSR count). The fraction of sp³-hybridized carbons (Fsp3) is 0.400. The van der Waals surface area contributed by atoms with Gasteiger partial charge in [-0.15, -0.1) is 11.3 Å². The van der Waals surface area contributed by atoms with Crippen LogP contribution in [-0.2, 0) is 6.54 Å². The summed E-state index contributed by atoms with van der Waals surface area (Å²) in [7, 11) is 0. The third kappa shape index (κ3) is 2.98. The predicted molar refractivity (Wildman–Crippen MR) is 79.0 cm³/mol. The van der Waals surface area contributed by atoms with Crippen molar-refractivity contribution in [3.05, 3.63) is 40.4 Å². The van der Waals surface area contributed by atoms with E-state index in [2.05, 4.69) is 56.2 Å². The van der Waals surface area contributed by atoms with Crippen LogP contribution in [0.2, 0.25) is 0 Å². The Bertz CT molecular complexity index is 529. The van der Waals surface area contributed by atoms with Gasteiger partial charge in [-0.3, -0.25) is 0 Å². The summed E-state index contributed by atoms with van der Waals surface area (Å²) in [4.78, 5) is 5.84. The molecule has 0 bridgehead atoms. The van der Waals surface area contributed by atoms with Crippen LogP contribution in [0.4, 0.5) is 0 Å². The number of thiazole rings is 1. The Morgan fingerprint density at radius 1 is 1.28 bits per heavy atom. The number of aryl methyl sites for hydroxylation is 1. The molecule has 0 atom stereocenters. The first kappa shape index (κ1) is 13.2. The van der Waals surface area contributed by atoms with Gasteiger partial charge in [0.15, 0.2) is 0 Å². The number of hydrogen-bond acceptors (Lipinski definition) is 3. The highest BCUT2D eigenvalue weighted by Gasteiger charge is 2.08. The number of nitrogens with one attached hydrogen (secondary N) is 1. The van der Waals surface area contributed by atoms with Gasteiger partial charge in [-0.25, -0.2) is 4.98 Å². The molecule has 0 fully saturated rings. The normalized spacial score (nSPS) is 11.2. The maximum absolute atomic E-state index is 4.54. The Hall–Kier alpha value is -1.19. The van der Waals surface area contributed by atoms with E-state index in [1.165, 1.54) is 21.6 Å². The fourth-order valence-electron chi connectivity index (χ4n) is 1.80. The minimum Gasteiger partial charge on any atom is -0.310 e. The largest absolute Gasteiger partial charge is 0.310 e. The summed E-state index contributed by atoms with van der Waals surface area (Å²) in [6.07, 6.45) is 1.98. The zero-order chi connectivity index (χ0) is 13.1. The van der Waals surface area contributed by atoms with Crippen LogP contribution in [0.5, 0.6) is 0 Å². The molecule has 1 aromatic heterocycles. The molecule has 1 aromatic carbocycles. The van der Waals surface area contributed by atoms with Gasteiger partial charge in [-0.2, -0.15) is 0 Å². The maximum Gasteiger partial charge on any atom is 0.123 e. The second-order valence-electron chi connectivity index (χ2n) is 4.91. The molecule has 0 saturated carbocycles. The molecule has 2 nitrogen and oxygen atoms in total. The van der Waals surface area contributed by atoms with Crippen molar-refractivity contribution in [3.8, 4) is 10.6 Å².